The number of hydrogen-bond acceptors (Lipinski definition) is 4. The maximum atomic E-state index is 13.2. The summed E-state index contributed by atoms with van der Waals surface area (Å²) in [5, 5.41) is 19.6. The van der Waals surface area contributed by atoms with Gasteiger partial charge in [0.25, 0.3) is 0 Å². The van der Waals surface area contributed by atoms with Crippen molar-refractivity contribution in [3.8, 4) is 5.75 Å². The van der Waals surface area contributed by atoms with Crippen LogP contribution < -0.4 is 4.74 Å². The lowest BCUT2D eigenvalue weighted by atomic mass is 9.84. The van der Waals surface area contributed by atoms with Crippen LogP contribution in [0, 0.1) is 5.82 Å². The summed E-state index contributed by atoms with van der Waals surface area (Å²) < 4.78 is 19.5. The molecule has 49 heavy (non-hydrogen) atoms. The molecule has 4 aromatic carbocycles. The van der Waals surface area contributed by atoms with Crippen molar-refractivity contribution in [2.75, 3.05) is 0 Å². The Balaban J connectivity index is 1.16. The lowest BCUT2D eigenvalue weighted by Crippen LogP contribution is -2.19. The minimum absolute atomic E-state index is 0.134. The number of para-hydroxylation sites is 1. The highest BCUT2D eigenvalue weighted by Gasteiger charge is 2.25. The summed E-state index contributed by atoms with van der Waals surface area (Å²) in [7, 11) is 0. The predicted molar refractivity (Wildman–Crippen MR) is 187 cm³/mol. The van der Waals surface area contributed by atoms with E-state index in [9.17, 15) is 24.2 Å². The molecule has 6 rings (SSSR count). The molecule has 0 aliphatic heterocycles. The smallest absolute Gasteiger partial charge is 0.354 e. The van der Waals surface area contributed by atoms with E-state index >= 15 is 0 Å². The molecule has 0 bridgehead atoms. The lowest BCUT2D eigenvalue weighted by Gasteiger charge is -2.24. The molecule has 250 valence electrons. The number of aromatic carboxylic acids is 2. The number of carboxylic acid groups (broad SMARTS) is 2. The Labute approximate surface area is 286 Å². The summed E-state index contributed by atoms with van der Waals surface area (Å²) in [4.78, 5) is 28.6. The van der Waals surface area contributed by atoms with Gasteiger partial charge in [-0.1, -0.05) is 66.7 Å². The summed E-state index contributed by atoms with van der Waals surface area (Å²) >= 11 is 0. The van der Waals surface area contributed by atoms with Gasteiger partial charge in [-0.15, -0.1) is 0 Å². The second-order valence-electron chi connectivity index (χ2n) is 12.7. The third-order valence-corrected chi connectivity index (χ3v) is 9.42. The molecule has 0 saturated carbocycles. The quantitative estimate of drug-likeness (QED) is 0.124. The average Bonchev–Trinajstić information content (AvgIpc) is 3.12. The zero-order chi connectivity index (χ0) is 34.2. The molecule has 0 fully saturated rings. The number of fused-ring (bicyclic) bond motifs is 1. The van der Waals surface area contributed by atoms with Crippen LogP contribution in [0.4, 0.5) is 4.39 Å². The molecule has 7 heteroatoms. The topological polar surface area (TPSA) is 96.7 Å². The van der Waals surface area contributed by atoms with E-state index < -0.39 is 11.9 Å². The predicted octanol–water partition coefficient (Wildman–Crippen LogP) is 8.43. The van der Waals surface area contributed by atoms with Crippen LogP contribution in [0.5, 0.6) is 5.75 Å². The number of halogens is 1. The van der Waals surface area contributed by atoms with Crippen LogP contribution in [-0.4, -0.2) is 27.1 Å². The monoisotopic (exact) mass is 657 g/mol. The fourth-order valence-corrected chi connectivity index (χ4v) is 6.71. The second-order valence-corrected chi connectivity index (χ2v) is 12.7. The van der Waals surface area contributed by atoms with Crippen LogP contribution >= 0.6 is 0 Å². The van der Waals surface area contributed by atoms with Crippen LogP contribution in [-0.2, 0) is 58.0 Å². The Kier molecular flexibility index (Phi) is 10.8. The van der Waals surface area contributed by atoms with Gasteiger partial charge in [0.2, 0.25) is 0 Å². The van der Waals surface area contributed by atoms with Gasteiger partial charge in [-0.05, 0) is 139 Å². The van der Waals surface area contributed by atoms with Crippen molar-refractivity contribution in [1.82, 2.24) is 4.98 Å². The summed E-state index contributed by atoms with van der Waals surface area (Å²) in [6, 6.07) is 29.8. The first-order valence-electron chi connectivity index (χ1n) is 17.0. The van der Waals surface area contributed by atoms with Gasteiger partial charge in [-0.2, -0.15) is 0 Å². The first-order valence-corrected chi connectivity index (χ1v) is 17.0. The van der Waals surface area contributed by atoms with E-state index in [-0.39, 0.29) is 17.1 Å². The Hall–Kier alpha value is -5.30. The standard InChI is InChI=1S/C42H40FNO5/c43-34-23-17-29(18-24-34)10-9-28-11-13-31(14-12-28)27-49-39-8-4-1-5-32(39)22-26-37-35(25-19-30-15-20-33(21-16-30)41(45)46)36-6-2-3-7-38(36)44-40(37)42(47)48/h1,4-5,8,11-18,20-21,23-24H,2-3,6-7,9-10,19,22,25-27H2,(H,45,46)(H,47,48). The molecule has 0 spiro atoms. The zero-order valence-electron chi connectivity index (χ0n) is 27.5. The third-order valence-electron chi connectivity index (χ3n) is 9.42. The molecule has 0 saturated heterocycles. The molecule has 1 aromatic heterocycles. The summed E-state index contributed by atoms with van der Waals surface area (Å²) in [6.45, 7) is 0.405. The second kappa shape index (κ2) is 15.7. The fraction of sp³-hybridized carbons (Fsp3) is 0.262. The third kappa shape index (κ3) is 8.60. The molecule has 2 N–H and O–H groups in total. The summed E-state index contributed by atoms with van der Waals surface area (Å²) in [5.74, 6) is -1.42. The minimum Gasteiger partial charge on any atom is -0.489 e. The largest absolute Gasteiger partial charge is 0.489 e. The number of nitrogens with zero attached hydrogens (tertiary/aromatic N) is 1. The molecule has 5 aromatic rings. The molecule has 0 amide bonds. The number of carbonyl (C=O) groups is 2. The molecular formula is C42H40FNO5. The van der Waals surface area contributed by atoms with Gasteiger partial charge >= 0.3 is 11.9 Å². The Morgan fingerprint density at radius 3 is 1.88 bits per heavy atom. The Morgan fingerprint density at radius 2 is 1.20 bits per heavy atom. The van der Waals surface area contributed by atoms with Crippen molar-refractivity contribution < 1.29 is 28.9 Å². The maximum Gasteiger partial charge on any atom is 0.354 e. The van der Waals surface area contributed by atoms with E-state index in [0.717, 1.165) is 83.3 Å². The highest BCUT2D eigenvalue weighted by atomic mass is 19.1. The van der Waals surface area contributed by atoms with Gasteiger partial charge in [0, 0.05) is 5.69 Å². The zero-order valence-corrected chi connectivity index (χ0v) is 27.5. The number of aryl methyl sites for hydroxylation is 5. The SMILES string of the molecule is O=C(O)c1ccc(CCc2c3c(nc(C(=O)O)c2CCc2ccccc2OCc2ccc(CCc4ccc(F)cc4)cc2)CCCC3)cc1. The van der Waals surface area contributed by atoms with E-state index in [4.69, 9.17) is 9.72 Å². The van der Waals surface area contributed by atoms with Gasteiger partial charge in [0.05, 0.1) is 5.56 Å². The van der Waals surface area contributed by atoms with Crippen molar-refractivity contribution >= 4 is 11.9 Å². The van der Waals surface area contributed by atoms with Gasteiger partial charge in [0.15, 0.2) is 5.69 Å². The van der Waals surface area contributed by atoms with Crippen LogP contribution in [0.15, 0.2) is 97.1 Å². The molecule has 0 unspecified atom stereocenters. The molecule has 1 aliphatic carbocycles. The average molecular weight is 658 g/mol. The number of carboxylic acids is 2. The van der Waals surface area contributed by atoms with Crippen molar-refractivity contribution in [2.24, 2.45) is 0 Å². The lowest BCUT2D eigenvalue weighted by molar-refractivity contribution is 0.0681. The summed E-state index contributed by atoms with van der Waals surface area (Å²) in [5.41, 5.74) is 9.67. The normalized spacial score (nSPS) is 12.3. The van der Waals surface area contributed by atoms with Crippen molar-refractivity contribution in [3.63, 3.8) is 0 Å². The van der Waals surface area contributed by atoms with Gasteiger partial charge in [-0.3, -0.25) is 0 Å². The molecule has 0 radical (unpaired) electrons. The first kappa shape index (κ1) is 33.6. The number of benzene rings is 4. The Morgan fingerprint density at radius 1 is 0.633 bits per heavy atom. The molecule has 1 aliphatic rings. The van der Waals surface area contributed by atoms with Crippen molar-refractivity contribution in [2.45, 2.75) is 70.8 Å². The van der Waals surface area contributed by atoms with Gasteiger partial charge in [-0.25, -0.2) is 19.0 Å². The fourth-order valence-electron chi connectivity index (χ4n) is 6.71. The van der Waals surface area contributed by atoms with Crippen LogP contribution in [0.2, 0.25) is 0 Å². The van der Waals surface area contributed by atoms with Crippen molar-refractivity contribution in [3.05, 3.63) is 164 Å². The van der Waals surface area contributed by atoms with Crippen molar-refractivity contribution in [1.29, 1.82) is 0 Å². The highest BCUT2D eigenvalue weighted by molar-refractivity contribution is 5.88. The number of rotatable bonds is 14. The number of ether oxygens (including phenoxy) is 1. The van der Waals surface area contributed by atoms with E-state index in [2.05, 4.69) is 24.3 Å². The van der Waals surface area contributed by atoms with E-state index in [1.807, 2.05) is 48.5 Å². The molecule has 0 atom stereocenters. The maximum absolute atomic E-state index is 13.2. The van der Waals surface area contributed by atoms with Crippen LogP contribution in [0.1, 0.15) is 83.9 Å². The number of pyridine rings is 1. The van der Waals surface area contributed by atoms with Gasteiger partial charge < -0.3 is 14.9 Å². The van der Waals surface area contributed by atoms with E-state index in [1.165, 1.54) is 23.3 Å². The molecular weight excluding hydrogens is 617 g/mol. The molecule has 6 nitrogen and oxygen atoms in total. The first-order chi connectivity index (χ1) is 23.8. The number of hydrogen-bond donors (Lipinski definition) is 2. The van der Waals surface area contributed by atoms with E-state index in [0.29, 0.717) is 32.3 Å². The minimum atomic E-state index is -1.01. The Bertz CT molecular complexity index is 1920. The highest BCUT2D eigenvalue weighted by Crippen LogP contribution is 2.31. The van der Waals surface area contributed by atoms with E-state index in [1.54, 1.807) is 12.1 Å². The van der Waals surface area contributed by atoms with Crippen LogP contribution in [0.3, 0.4) is 0 Å². The number of aromatic nitrogens is 1. The van der Waals surface area contributed by atoms with Crippen LogP contribution in [0.25, 0.3) is 0 Å². The molecule has 1 heterocycles. The summed E-state index contributed by atoms with van der Waals surface area (Å²) in [6.07, 6.45) is 7.86. The van der Waals surface area contributed by atoms with Gasteiger partial charge in [0.1, 0.15) is 18.2 Å².